The second-order valence-electron chi connectivity index (χ2n) is 19.9. The summed E-state index contributed by atoms with van der Waals surface area (Å²) in [6.07, 6.45) is -8.44. The van der Waals surface area contributed by atoms with Crippen LogP contribution in [0.15, 0.2) is 84.0 Å². The molecule has 8 rings (SSSR count). The number of nitrogens with two attached hydrogens (primary N) is 1. The van der Waals surface area contributed by atoms with Gasteiger partial charge in [-0.1, -0.05) is 83.6 Å². The lowest BCUT2D eigenvalue weighted by Crippen LogP contribution is -2.85. The molecule has 6 aliphatic rings. The van der Waals surface area contributed by atoms with Gasteiger partial charge in [-0.3, -0.25) is 4.79 Å². The number of aliphatic hydroxyl groups is 3. The summed E-state index contributed by atoms with van der Waals surface area (Å²) in [7, 11) is 2.93. The van der Waals surface area contributed by atoms with Gasteiger partial charge in [0.05, 0.1) is 28.8 Å². The highest BCUT2D eigenvalue weighted by atomic mass is 33.1. The number of amides is 1. The first-order valence-electron chi connectivity index (χ1n) is 23.0. The molecule has 6 N–H and O–H groups in total. The van der Waals surface area contributed by atoms with Crippen molar-refractivity contribution in [2.24, 2.45) is 34.3 Å². The zero-order valence-corrected chi connectivity index (χ0v) is 41.2. The third-order valence-electron chi connectivity index (χ3n) is 15.0. The van der Waals surface area contributed by atoms with E-state index in [1.165, 1.54) is 28.5 Å². The van der Waals surface area contributed by atoms with Gasteiger partial charge >= 0.3 is 30.2 Å². The van der Waals surface area contributed by atoms with Gasteiger partial charge in [0.25, 0.3) is 0 Å². The van der Waals surface area contributed by atoms with Crippen LogP contribution >= 0.6 is 21.6 Å². The number of esters is 3. The van der Waals surface area contributed by atoms with E-state index in [9.17, 15) is 39.3 Å². The minimum absolute atomic E-state index is 0.0819. The summed E-state index contributed by atoms with van der Waals surface area (Å²) in [6.45, 7) is 16.1. The van der Waals surface area contributed by atoms with Crippen LogP contribution in [0.4, 0.5) is 9.59 Å². The Balaban J connectivity index is 1.32. The molecule has 5 fully saturated rings. The fourth-order valence-electron chi connectivity index (χ4n) is 11.9. The van der Waals surface area contributed by atoms with Crippen molar-refractivity contribution < 1.29 is 67.7 Å². The molecule has 0 radical (unpaired) electrons. The predicted molar refractivity (Wildman–Crippen MR) is 253 cm³/mol. The summed E-state index contributed by atoms with van der Waals surface area (Å²) in [6, 6.07) is 15.2. The average Bonchev–Trinajstić information content (AvgIpc) is 3.28. The highest BCUT2D eigenvalue weighted by molar-refractivity contribution is 8.76. The van der Waals surface area contributed by atoms with Gasteiger partial charge in [0.15, 0.2) is 0 Å². The van der Waals surface area contributed by atoms with Crippen LogP contribution < -0.4 is 11.1 Å². The maximum Gasteiger partial charge on any atom is 0.509 e. The van der Waals surface area contributed by atoms with Crippen LogP contribution in [0, 0.1) is 28.6 Å². The van der Waals surface area contributed by atoms with Gasteiger partial charge in [-0.05, 0) is 88.3 Å². The first kappa shape index (κ1) is 51.3. The van der Waals surface area contributed by atoms with E-state index in [0.29, 0.717) is 36.5 Å². The smallest absolute Gasteiger partial charge is 0.459 e. The number of rotatable bonds is 15. The molecule has 6 aliphatic carbocycles. The molecule has 4 bridgehead atoms. The average molecular weight is 981 g/mol. The van der Waals surface area contributed by atoms with Crippen LogP contribution in [-0.4, -0.2) is 117 Å². The number of fused-ring (bicyclic) bond motifs is 2. The molecule has 16 nitrogen and oxygen atoms in total. The molecule has 370 valence electrons. The lowest BCUT2D eigenvalue weighted by molar-refractivity contribution is -0.355. The van der Waals surface area contributed by atoms with Crippen LogP contribution in [0.25, 0.3) is 0 Å². The monoisotopic (exact) mass is 980 g/mol. The summed E-state index contributed by atoms with van der Waals surface area (Å²) in [4.78, 5) is 69.1. The van der Waals surface area contributed by atoms with E-state index in [1.54, 1.807) is 102 Å². The van der Waals surface area contributed by atoms with E-state index in [0.717, 1.165) is 0 Å². The molecule has 0 heterocycles. The zero-order valence-electron chi connectivity index (χ0n) is 39.6. The number of benzene rings is 2. The molecule has 0 aliphatic heterocycles. The summed E-state index contributed by atoms with van der Waals surface area (Å²) in [5.41, 5.74) is -0.358. The summed E-state index contributed by atoms with van der Waals surface area (Å²) >= 11 is 0. The van der Waals surface area contributed by atoms with E-state index < -0.39 is 106 Å². The number of aliphatic hydroxyl groups excluding tert-OH is 2. The standard InChI is InChI=1S/C50H64N2O14S2/c1-27-33(62-43(57)39(63-45(59)61-22-24-68-67-23-21-51)37(30-15-11-9-12-16-30)52-44(58)66-46(4,5)6)26-50(60)36-40-47(7,34(54)25-32-19-20-49(32,40)65-29(3)53)28(2)38(55)35(27)48(50,8)41(36)64-42(56)31-17-13-10-14-18-31/h9-18,32-34,36-41,54-55,60H,2,19-26,51H2,1,3-8H3,(H,52,58)/t32-,33+,34+,36-,37+,38+,39-,40+,41-,47-,48-,49+,50-/m1/s1. The first-order valence-corrected chi connectivity index (χ1v) is 25.5. The van der Waals surface area contributed by atoms with E-state index >= 15 is 0 Å². The molecular weight excluding hydrogens is 917 g/mol. The Morgan fingerprint density at radius 2 is 1.62 bits per heavy atom. The molecule has 0 unspecified atom stereocenters. The molecule has 2 aromatic carbocycles. The van der Waals surface area contributed by atoms with Crippen molar-refractivity contribution in [3.8, 4) is 0 Å². The Bertz CT molecular complexity index is 2290. The molecule has 13 atom stereocenters. The van der Waals surface area contributed by atoms with Gasteiger partial charge in [-0.25, -0.2) is 19.2 Å². The van der Waals surface area contributed by atoms with Crippen molar-refractivity contribution in [2.45, 2.75) is 128 Å². The Morgan fingerprint density at radius 1 is 0.971 bits per heavy atom. The molecular formula is C50H64N2O14S2. The number of hydrogen-bond donors (Lipinski definition) is 5. The van der Waals surface area contributed by atoms with Gasteiger partial charge in [-0.2, -0.15) is 0 Å². The Labute approximate surface area is 404 Å². The Hall–Kier alpha value is -4.59. The topological polar surface area (TPSA) is 239 Å². The van der Waals surface area contributed by atoms with Gasteiger partial charge in [0.2, 0.25) is 6.10 Å². The van der Waals surface area contributed by atoms with E-state index in [2.05, 4.69) is 11.9 Å². The highest BCUT2D eigenvalue weighted by Crippen LogP contribution is 2.77. The maximum atomic E-state index is 15.0. The van der Waals surface area contributed by atoms with Crippen LogP contribution in [-0.2, 0) is 38.0 Å². The van der Waals surface area contributed by atoms with Gasteiger partial charge in [0, 0.05) is 54.6 Å². The number of carbonyl (C=O) groups is 5. The number of ether oxygens (including phenoxy) is 6. The van der Waals surface area contributed by atoms with Gasteiger partial charge < -0.3 is 54.8 Å². The molecule has 2 aromatic rings. The van der Waals surface area contributed by atoms with Gasteiger partial charge in [-0.15, -0.1) is 0 Å². The van der Waals surface area contributed by atoms with Crippen molar-refractivity contribution in [2.75, 3.05) is 24.7 Å². The molecule has 0 saturated heterocycles. The summed E-state index contributed by atoms with van der Waals surface area (Å²) < 4.78 is 35.9. The molecule has 68 heavy (non-hydrogen) atoms. The van der Waals surface area contributed by atoms with E-state index in [1.807, 2.05) is 0 Å². The van der Waals surface area contributed by atoms with Crippen molar-refractivity contribution >= 4 is 51.7 Å². The lowest BCUT2D eigenvalue weighted by Gasteiger charge is -2.77. The van der Waals surface area contributed by atoms with Crippen molar-refractivity contribution in [1.82, 2.24) is 5.32 Å². The highest BCUT2D eigenvalue weighted by Gasteiger charge is 2.84. The lowest BCUT2D eigenvalue weighted by atomic mass is 9.30. The third kappa shape index (κ3) is 9.04. The van der Waals surface area contributed by atoms with Crippen molar-refractivity contribution in [3.05, 3.63) is 95.1 Å². The van der Waals surface area contributed by atoms with Crippen LogP contribution in [0.5, 0.6) is 0 Å². The first-order chi connectivity index (χ1) is 32.0. The normalized spacial score (nSPS) is 33.3. The number of alkyl carbamates (subject to hydrolysis) is 1. The Kier molecular flexibility index (Phi) is 14.8. The largest absolute Gasteiger partial charge is 0.509 e. The molecule has 0 aromatic heterocycles. The van der Waals surface area contributed by atoms with Gasteiger partial charge in [0.1, 0.15) is 36.1 Å². The second-order valence-corrected chi connectivity index (χ2v) is 22.6. The third-order valence-corrected chi connectivity index (χ3v) is 17.4. The van der Waals surface area contributed by atoms with Crippen LogP contribution in [0.2, 0.25) is 0 Å². The second kappa shape index (κ2) is 19.7. The predicted octanol–water partition coefficient (Wildman–Crippen LogP) is 6.37. The minimum Gasteiger partial charge on any atom is -0.459 e. The molecule has 5 saturated carbocycles. The molecule has 1 amide bonds. The SMILES string of the molecule is C=C1[C@H](O)C2=C(C)[C@@H](OC(=O)[C@H](OC(=O)OCCSSCCN)[C@@H](NC(=O)OC(C)(C)C)c3ccccc3)C[C@@]3(O)[C@H]([C@@H]4[C@]5(OC(C)=O)CC[C@@H]5C[C@H](O)[C@@]14C)[C@@H](OC(=O)c1ccccc1)[C@@]23C. The summed E-state index contributed by atoms with van der Waals surface area (Å²) in [5.74, 6) is -3.76. The quantitative estimate of drug-likeness (QED) is 0.0428. The van der Waals surface area contributed by atoms with Crippen molar-refractivity contribution in [1.29, 1.82) is 0 Å². The van der Waals surface area contributed by atoms with Crippen molar-refractivity contribution in [3.63, 3.8) is 0 Å². The Morgan fingerprint density at radius 3 is 2.22 bits per heavy atom. The minimum atomic E-state index is -1.98. The van der Waals surface area contributed by atoms with Crippen LogP contribution in [0.3, 0.4) is 0 Å². The molecule has 0 spiro atoms. The number of hydrogen-bond acceptors (Lipinski definition) is 17. The van der Waals surface area contributed by atoms with E-state index in [4.69, 9.17) is 34.2 Å². The number of nitrogens with one attached hydrogen (secondary N) is 1. The maximum absolute atomic E-state index is 15.0. The van der Waals surface area contributed by atoms with Crippen LogP contribution in [0.1, 0.15) is 96.1 Å². The van der Waals surface area contributed by atoms with E-state index in [-0.39, 0.29) is 47.6 Å². The number of carbonyl (C=O) groups excluding carboxylic acids is 5. The fourth-order valence-corrected chi connectivity index (χ4v) is 13.5. The molecule has 18 heteroatoms. The fraction of sp³-hybridized carbons (Fsp3) is 0.580. The zero-order chi connectivity index (χ0) is 49.6. The summed E-state index contributed by atoms with van der Waals surface area (Å²) in [5, 5.41) is 41.3.